The molecule has 20 heavy (non-hydrogen) atoms. The molecule has 0 rings (SSSR count). The van der Waals surface area contributed by atoms with Gasteiger partial charge >= 0.3 is 0 Å². The van der Waals surface area contributed by atoms with Crippen LogP contribution in [0.1, 0.15) is 48.0 Å². The van der Waals surface area contributed by atoms with E-state index < -0.39 is 6.04 Å². The molecule has 0 aliphatic rings. The summed E-state index contributed by atoms with van der Waals surface area (Å²) in [6.07, 6.45) is 0.704. The van der Waals surface area contributed by atoms with Crippen molar-refractivity contribution >= 4 is 11.8 Å². The van der Waals surface area contributed by atoms with E-state index in [2.05, 4.69) is 31.4 Å². The second-order valence-electron chi connectivity index (χ2n) is 7.07. The molecule has 0 bridgehead atoms. The number of amides is 2. The van der Waals surface area contributed by atoms with Gasteiger partial charge in [0.1, 0.15) is 6.04 Å². The molecule has 2 amide bonds. The second kappa shape index (κ2) is 8.25. The van der Waals surface area contributed by atoms with Crippen LogP contribution in [0.4, 0.5) is 0 Å². The van der Waals surface area contributed by atoms with Crippen LogP contribution in [0.25, 0.3) is 0 Å². The number of hydrogen-bond acceptors (Lipinski definition) is 3. The standard InChI is InChI=1S/C15H31N3O2/c1-10(2)9-17-13(19)11(3)18-14(20)12(8-16)7-15(4,5)6/h10-12H,7-9,16H2,1-6H3,(H,17,19)(H,18,20). The van der Waals surface area contributed by atoms with Gasteiger partial charge in [0.05, 0.1) is 5.92 Å². The lowest BCUT2D eigenvalue weighted by molar-refractivity contribution is -0.131. The number of nitrogens with one attached hydrogen (secondary N) is 2. The maximum absolute atomic E-state index is 12.1. The third kappa shape index (κ3) is 8.15. The number of carbonyl (C=O) groups excluding carboxylic acids is 2. The molecular formula is C15H31N3O2. The van der Waals surface area contributed by atoms with Crippen molar-refractivity contribution in [3.63, 3.8) is 0 Å². The smallest absolute Gasteiger partial charge is 0.242 e. The maximum atomic E-state index is 12.1. The van der Waals surface area contributed by atoms with Crippen LogP contribution in [0.3, 0.4) is 0 Å². The first-order valence-corrected chi connectivity index (χ1v) is 7.35. The third-order valence-electron chi connectivity index (χ3n) is 2.95. The fraction of sp³-hybridized carbons (Fsp3) is 0.867. The molecule has 0 aromatic heterocycles. The summed E-state index contributed by atoms with van der Waals surface area (Å²) in [6.45, 7) is 12.9. The van der Waals surface area contributed by atoms with Crippen molar-refractivity contribution in [1.82, 2.24) is 10.6 Å². The summed E-state index contributed by atoms with van der Waals surface area (Å²) in [5.74, 6) is -0.164. The Balaban J connectivity index is 4.38. The fourth-order valence-electron chi connectivity index (χ4n) is 1.88. The van der Waals surface area contributed by atoms with E-state index in [-0.39, 0.29) is 23.1 Å². The molecule has 0 aliphatic carbocycles. The molecule has 0 radical (unpaired) electrons. The van der Waals surface area contributed by atoms with E-state index in [1.807, 2.05) is 13.8 Å². The summed E-state index contributed by atoms with van der Waals surface area (Å²) in [7, 11) is 0. The van der Waals surface area contributed by atoms with E-state index in [9.17, 15) is 9.59 Å². The van der Waals surface area contributed by atoms with Gasteiger partial charge in [-0.1, -0.05) is 34.6 Å². The molecule has 5 heteroatoms. The van der Waals surface area contributed by atoms with Gasteiger partial charge in [-0.2, -0.15) is 0 Å². The van der Waals surface area contributed by atoms with E-state index in [1.165, 1.54) is 0 Å². The lowest BCUT2D eigenvalue weighted by atomic mass is 9.84. The highest BCUT2D eigenvalue weighted by atomic mass is 16.2. The molecule has 4 N–H and O–H groups in total. The number of carbonyl (C=O) groups is 2. The summed E-state index contributed by atoms with van der Waals surface area (Å²) < 4.78 is 0. The summed E-state index contributed by atoms with van der Waals surface area (Å²) in [6, 6.07) is -0.532. The van der Waals surface area contributed by atoms with Crippen molar-refractivity contribution in [2.75, 3.05) is 13.1 Å². The van der Waals surface area contributed by atoms with Crippen LogP contribution < -0.4 is 16.4 Å². The predicted octanol–water partition coefficient (Wildman–Crippen LogP) is 1.27. The molecule has 0 saturated heterocycles. The lowest BCUT2D eigenvalue weighted by Crippen LogP contribution is -2.48. The molecule has 0 spiro atoms. The van der Waals surface area contributed by atoms with Crippen LogP contribution in [0.5, 0.6) is 0 Å². The minimum Gasteiger partial charge on any atom is -0.354 e. The number of nitrogens with two attached hydrogens (primary N) is 1. The van der Waals surface area contributed by atoms with Gasteiger partial charge in [0, 0.05) is 13.1 Å². The molecule has 0 aromatic carbocycles. The summed E-state index contributed by atoms with van der Waals surface area (Å²) in [4.78, 5) is 24.0. The molecule has 0 fully saturated rings. The van der Waals surface area contributed by atoms with Gasteiger partial charge in [0.15, 0.2) is 0 Å². The van der Waals surface area contributed by atoms with Crippen LogP contribution in [-0.2, 0) is 9.59 Å². The Hall–Kier alpha value is -1.10. The highest BCUT2D eigenvalue weighted by Crippen LogP contribution is 2.24. The molecule has 2 unspecified atom stereocenters. The molecular weight excluding hydrogens is 254 g/mol. The van der Waals surface area contributed by atoms with E-state index in [4.69, 9.17) is 5.73 Å². The minimum atomic E-state index is -0.532. The highest BCUT2D eigenvalue weighted by molar-refractivity contribution is 5.88. The van der Waals surface area contributed by atoms with E-state index in [1.54, 1.807) is 6.92 Å². The first-order valence-electron chi connectivity index (χ1n) is 7.35. The van der Waals surface area contributed by atoms with E-state index in [0.717, 1.165) is 0 Å². The van der Waals surface area contributed by atoms with Crippen molar-refractivity contribution in [2.45, 2.75) is 54.0 Å². The van der Waals surface area contributed by atoms with Crippen LogP contribution >= 0.6 is 0 Å². The van der Waals surface area contributed by atoms with Crippen LogP contribution in [0, 0.1) is 17.3 Å². The largest absolute Gasteiger partial charge is 0.354 e. The lowest BCUT2D eigenvalue weighted by Gasteiger charge is -2.25. The Morgan fingerprint density at radius 1 is 1.10 bits per heavy atom. The van der Waals surface area contributed by atoms with Gasteiger partial charge in [0.2, 0.25) is 11.8 Å². The van der Waals surface area contributed by atoms with Crippen LogP contribution in [0.15, 0.2) is 0 Å². The maximum Gasteiger partial charge on any atom is 0.242 e. The molecule has 5 nitrogen and oxygen atoms in total. The minimum absolute atomic E-state index is 0.0323. The zero-order chi connectivity index (χ0) is 15.9. The van der Waals surface area contributed by atoms with Gasteiger partial charge in [-0.05, 0) is 24.7 Å². The first-order chi connectivity index (χ1) is 9.06. The average molecular weight is 285 g/mol. The SMILES string of the molecule is CC(C)CNC(=O)C(C)NC(=O)C(CN)CC(C)(C)C. The van der Waals surface area contributed by atoms with Gasteiger partial charge in [-0.25, -0.2) is 0 Å². The van der Waals surface area contributed by atoms with Crippen LogP contribution in [0.2, 0.25) is 0 Å². The third-order valence-corrected chi connectivity index (χ3v) is 2.95. The Bertz CT molecular complexity index is 322. The molecule has 0 aromatic rings. The molecule has 0 heterocycles. The quantitative estimate of drug-likeness (QED) is 0.658. The Morgan fingerprint density at radius 3 is 2.05 bits per heavy atom. The first kappa shape index (κ1) is 18.9. The highest BCUT2D eigenvalue weighted by Gasteiger charge is 2.26. The zero-order valence-electron chi connectivity index (χ0n) is 13.7. The van der Waals surface area contributed by atoms with E-state index >= 15 is 0 Å². The Kier molecular flexibility index (Phi) is 7.79. The van der Waals surface area contributed by atoms with Crippen molar-refractivity contribution in [1.29, 1.82) is 0 Å². The average Bonchev–Trinajstić information content (AvgIpc) is 2.31. The fourth-order valence-corrected chi connectivity index (χ4v) is 1.88. The zero-order valence-corrected chi connectivity index (χ0v) is 13.7. The number of rotatable bonds is 7. The Morgan fingerprint density at radius 2 is 1.65 bits per heavy atom. The summed E-state index contributed by atoms with van der Waals surface area (Å²) in [5.41, 5.74) is 5.70. The van der Waals surface area contributed by atoms with Gasteiger partial charge in [-0.15, -0.1) is 0 Å². The summed E-state index contributed by atoms with van der Waals surface area (Å²) >= 11 is 0. The monoisotopic (exact) mass is 285 g/mol. The van der Waals surface area contributed by atoms with Gasteiger partial charge in [-0.3, -0.25) is 9.59 Å². The number of hydrogen-bond donors (Lipinski definition) is 3. The molecule has 2 atom stereocenters. The van der Waals surface area contributed by atoms with Gasteiger partial charge in [0.25, 0.3) is 0 Å². The molecule has 0 aliphatic heterocycles. The van der Waals surface area contributed by atoms with Crippen molar-refractivity contribution in [3.8, 4) is 0 Å². The second-order valence-corrected chi connectivity index (χ2v) is 7.07. The van der Waals surface area contributed by atoms with Crippen LogP contribution in [-0.4, -0.2) is 30.9 Å². The Labute approximate surface area is 123 Å². The van der Waals surface area contributed by atoms with Crippen molar-refractivity contribution in [3.05, 3.63) is 0 Å². The topological polar surface area (TPSA) is 84.2 Å². The van der Waals surface area contributed by atoms with E-state index in [0.29, 0.717) is 25.4 Å². The molecule has 0 saturated carbocycles. The van der Waals surface area contributed by atoms with Crippen molar-refractivity contribution in [2.24, 2.45) is 23.0 Å². The van der Waals surface area contributed by atoms with Crippen molar-refractivity contribution < 1.29 is 9.59 Å². The molecule has 118 valence electrons. The van der Waals surface area contributed by atoms with Gasteiger partial charge < -0.3 is 16.4 Å². The predicted molar refractivity (Wildman–Crippen MR) is 82.1 cm³/mol. The summed E-state index contributed by atoms with van der Waals surface area (Å²) in [5, 5.41) is 5.55. The normalized spacial score (nSPS) is 14.8.